The monoisotopic (exact) mass is 369 g/mol. The summed E-state index contributed by atoms with van der Waals surface area (Å²) in [5, 5.41) is 3.63. The van der Waals surface area contributed by atoms with Gasteiger partial charge in [0, 0.05) is 6.42 Å². The summed E-state index contributed by atoms with van der Waals surface area (Å²) < 4.78 is 40.7. The Kier molecular flexibility index (Phi) is 4.57. The van der Waals surface area contributed by atoms with Gasteiger partial charge in [0.05, 0.1) is 11.6 Å². The lowest BCUT2D eigenvalue weighted by Crippen LogP contribution is -2.54. The van der Waals surface area contributed by atoms with E-state index in [4.69, 9.17) is 20.9 Å². The lowest BCUT2D eigenvalue weighted by molar-refractivity contribution is -0.208. The minimum Gasteiger partial charge on any atom is -0.459 e. The van der Waals surface area contributed by atoms with Gasteiger partial charge in [-0.25, -0.2) is 8.91 Å². The zero-order valence-corrected chi connectivity index (χ0v) is 14.6. The van der Waals surface area contributed by atoms with E-state index in [1.165, 1.54) is 12.1 Å². The number of esters is 1. The summed E-state index contributed by atoms with van der Waals surface area (Å²) in [5.74, 6) is -1.04. The quantitative estimate of drug-likeness (QED) is 0.787. The highest BCUT2D eigenvalue weighted by Gasteiger charge is 2.47. The summed E-state index contributed by atoms with van der Waals surface area (Å²) >= 11 is 0. The van der Waals surface area contributed by atoms with Crippen LogP contribution in [0.15, 0.2) is 12.1 Å². The molecule has 26 heavy (non-hydrogen) atoms. The Morgan fingerprint density at radius 2 is 2.19 bits per heavy atom. The molecule has 1 unspecified atom stereocenters. The molecular formula is C16H21F2N5O3. The van der Waals surface area contributed by atoms with Gasteiger partial charge in [0.2, 0.25) is 0 Å². The van der Waals surface area contributed by atoms with Crippen LogP contribution in [0.25, 0.3) is 5.52 Å². The largest absolute Gasteiger partial charge is 0.459 e. The number of halogens is 2. The Labute approximate surface area is 148 Å². The van der Waals surface area contributed by atoms with Crippen molar-refractivity contribution in [3.63, 3.8) is 0 Å². The van der Waals surface area contributed by atoms with E-state index in [2.05, 4.69) is 10.1 Å². The summed E-state index contributed by atoms with van der Waals surface area (Å²) in [6, 6.07) is 3.03. The minimum atomic E-state index is -1.72. The topological polar surface area (TPSA) is 118 Å². The summed E-state index contributed by atoms with van der Waals surface area (Å²) in [6.07, 6.45) is -5.12. The average Bonchev–Trinajstić information content (AvgIpc) is 2.94. The molecule has 10 heteroatoms. The van der Waals surface area contributed by atoms with Gasteiger partial charge in [-0.15, -0.1) is 5.10 Å². The first-order chi connectivity index (χ1) is 12.1. The van der Waals surface area contributed by atoms with Gasteiger partial charge in [-0.05, 0) is 19.1 Å². The first kappa shape index (κ1) is 18.5. The van der Waals surface area contributed by atoms with E-state index in [0.717, 1.165) is 4.52 Å². The summed E-state index contributed by atoms with van der Waals surface area (Å²) in [7, 11) is 0. The van der Waals surface area contributed by atoms with Gasteiger partial charge in [-0.1, -0.05) is 13.8 Å². The number of carbonyl (C=O) groups excluding carboxylic acids is 1. The van der Waals surface area contributed by atoms with Crippen molar-refractivity contribution in [1.82, 2.24) is 14.6 Å². The molecule has 1 aliphatic rings. The molecule has 1 saturated heterocycles. The van der Waals surface area contributed by atoms with Crippen LogP contribution in [-0.2, 0) is 14.3 Å². The number of aromatic nitrogens is 3. The minimum absolute atomic E-state index is 0.0160. The number of rotatable bonds is 3. The number of ether oxygens (including phenoxy) is 2. The van der Waals surface area contributed by atoms with Crippen LogP contribution in [0.4, 0.5) is 14.6 Å². The number of fused-ring (bicyclic) bond motifs is 1. The van der Waals surface area contributed by atoms with E-state index in [-0.39, 0.29) is 17.9 Å². The van der Waals surface area contributed by atoms with Crippen LogP contribution in [0.5, 0.6) is 0 Å². The van der Waals surface area contributed by atoms with Crippen LogP contribution in [0, 0.1) is 12.0 Å². The molecule has 4 N–H and O–H groups in total. The van der Waals surface area contributed by atoms with Crippen LogP contribution < -0.4 is 11.5 Å². The van der Waals surface area contributed by atoms with Crippen molar-refractivity contribution >= 4 is 17.3 Å². The first-order valence-electron chi connectivity index (χ1n) is 8.21. The maximum atomic E-state index is 15.1. The van der Waals surface area contributed by atoms with E-state index in [1.54, 1.807) is 20.8 Å². The lowest BCUT2D eigenvalue weighted by atomic mass is 9.94. The standard InChI is InChI=1S/C16H21F2N5O3/c1-7(2)14(24)25-10-6-16(3,20)26-12(11(10)17)8-4-5-9-13(19)21-15(18)22-23(8)9/h4-5,7,10-12H,6,20H2,1-3H3,(H2,19,21,22)/t10-,11-,12?,16-/m1/s1. The fraction of sp³-hybridized carbons (Fsp3) is 0.562. The molecule has 0 amide bonds. The molecule has 0 spiro atoms. The second kappa shape index (κ2) is 6.44. The predicted octanol–water partition coefficient (Wildman–Crippen LogP) is 1.49. The molecule has 4 atom stereocenters. The summed E-state index contributed by atoms with van der Waals surface area (Å²) in [5.41, 5.74) is 11.0. The Morgan fingerprint density at radius 3 is 2.85 bits per heavy atom. The van der Waals surface area contributed by atoms with Crippen molar-refractivity contribution in [2.24, 2.45) is 11.7 Å². The molecule has 2 aromatic heterocycles. The fourth-order valence-electron chi connectivity index (χ4n) is 2.95. The second-order valence-corrected chi connectivity index (χ2v) is 6.95. The highest BCUT2D eigenvalue weighted by Crippen LogP contribution is 2.39. The molecule has 2 aromatic rings. The number of hydrogen-bond acceptors (Lipinski definition) is 7. The fourth-order valence-corrected chi connectivity index (χ4v) is 2.95. The van der Waals surface area contributed by atoms with E-state index in [0.29, 0.717) is 5.52 Å². The SMILES string of the molecule is CC(C)C(=O)O[C@@H]1C[C@](C)(N)OC(c2ccc3c(N)nc(F)nn23)[C@@H]1F. The highest BCUT2D eigenvalue weighted by atomic mass is 19.1. The summed E-state index contributed by atoms with van der Waals surface area (Å²) in [6.45, 7) is 4.86. The number of nitrogens with zero attached hydrogens (tertiary/aromatic N) is 3. The normalized spacial score (nSPS) is 29.3. The van der Waals surface area contributed by atoms with Crippen molar-refractivity contribution in [3.8, 4) is 0 Å². The number of hydrogen-bond donors (Lipinski definition) is 2. The van der Waals surface area contributed by atoms with Gasteiger partial charge in [-0.2, -0.15) is 9.37 Å². The maximum absolute atomic E-state index is 15.1. The Balaban J connectivity index is 1.99. The molecule has 0 aliphatic carbocycles. The van der Waals surface area contributed by atoms with Crippen LogP contribution >= 0.6 is 0 Å². The van der Waals surface area contributed by atoms with Crippen molar-refractivity contribution in [2.45, 2.75) is 51.3 Å². The second-order valence-electron chi connectivity index (χ2n) is 6.95. The zero-order valence-electron chi connectivity index (χ0n) is 14.6. The summed E-state index contributed by atoms with van der Waals surface area (Å²) in [4.78, 5) is 15.3. The van der Waals surface area contributed by atoms with Gasteiger partial charge in [0.15, 0.2) is 12.0 Å². The molecule has 0 aromatic carbocycles. The van der Waals surface area contributed by atoms with Crippen molar-refractivity contribution in [2.75, 3.05) is 5.73 Å². The van der Waals surface area contributed by atoms with E-state index < -0.39 is 42.1 Å². The molecule has 3 heterocycles. The van der Waals surface area contributed by atoms with Gasteiger partial charge in [0.25, 0.3) is 0 Å². The zero-order chi connectivity index (χ0) is 19.2. The lowest BCUT2D eigenvalue weighted by Gasteiger charge is -2.41. The Morgan fingerprint density at radius 1 is 1.50 bits per heavy atom. The third kappa shape index (κ3) is 3.34. The van der Waals surface area contributed by atoms with Gasteiger partial charge in [-0.3, -0.25) is 4.79 Å². The number of alkyl halides is 1. The third-order valence-corrected chi connectivity index (χ3v) is 4.22. The van der Waals surface area contributed by atoms with Crippen LogP contribution in [0.3, 0.4) is 0 Å². The number of carbonyl (C=O) groups is 1. The van der Waals surface area contributed by atoms with Crippen molar-refractivity contribution in [3.05, 3.63) is 23.9 Å². The number of nitrogens with two attached hydrogens (primary N) is 2. The molecule has 0 bridgehead atoms. The van der Waals surface area contributed by atoms with Gasteiger partial charge in [0.1, 0.15) is 23.4 Å². The number of nitrogen functional groups attached to an aromatic ring is 1. The molecule has 0 saturated carbocycles. The molecule has 8 nitrogen and oxygen atoms in total. The molecule has 1 aliphatic heterocycles. The van der Waals surface area contributed by atoms with Crippen LogP contribution in [0.1, 0.15) is 39.0 Å². The van der Waals surface area contributed by atoms with Crippen molar-refractivity contribution < 1.29 is 23.0 Å². The molecule has 1 fully saturated rings. The maximum Gasteiger partial charge on any atom is 0.327 e. The van der Waals surface area contributed by atoms with Crippen LogP contribution in [0.2, 0.25) is 0 Å². The molecular weight excluding hydrogens is 348 g/mol. The van der Waals surface area contributed by atoms with Crippen molar-refractivity contribution in [1.29, 1.82) is 0 Å². The predicted molar refractivity (Wildman–Crippen MR) is 88.0 cm³/mol. The molecule has 142 valence electrons. The van der Waals surface area contributed by atoms with E-state index in [9.17, 15) is 9.18 Å². The first-order valence-corrected chi connectivity index (χ1v) is 8.21. The molecule has 0 radical (unpaired) electrons. The van der Waals surface area contributed by atoms with Crippen LogP contribution in [-0.4, -0.2) is 38.6 Å². The van der Waals surface area contributed by atoms with Gasteiger partial charge < -0.3 is 20.9 Å². The smallest absolute Gasteiger partial charge is 0.327 e. The number of anilines is 1. The van der Waals surface area contributed by atoms with E-state index in [1.807, 2.05) is 0 Å². The van der Waals surface area contributed by atoms with E-state index >= 15 is 4.39 Å². The highest BCUT2D eigenvalue weighted by molar-refractivity contribution is 5.71. The average molecular weight is 369 g/mol. The van der Waals surface area contributed by atoms with Gasteiger partial charge >= 0.3 is 12.0 Å². The molecule has 3 rings (SSSR count). The Bertz CT molecular complexity index is 839. The Hall–Kier alpha value is -2.33. The third-order valence-electron chi connectivity index (χ3n) is 4.22.